The first-order chi connectivity index (χ1) is 8.20. The predicted molar refractivity (Wildman–Crippen MR) is 71.8 cm³/mol. The van der Waals surface area contributed by atoms with E-state index in [2.05, 4.69) is 36.3 Å². The monoisotopic (exact) mass is 232 g/mol. The van der Waals surface area contributed by atoms with E-state index in [9.17, 15) is 0 Å². The number of rotatable bonds is 4. The van der Waals surface area contributed by atoms with Crippen LogP contribution in [-0.2, 0) is 0 Å². The number of nitrogens with zero attached hydrogens (tertiary/aromatic N) is 1. The molecule has 1 aromatic rings. The maximum atomic E-state index is 5.16. The molecule has 17 heavy (non-hydrogen) atoms. The van der Waals surface area contributed by atoms with Crippen LogP contribution >= 0.6 is 0 Å². The Kier molecular flexibility index (Phi) is 3.69. The largest absolute Gasteiger partial charge is 0.497 e. The van der Waals surface area contributed by atoms with Gasteiger partial charge < -0.3 is 15.0 Å². The van der Waals surface area contributed by atoms with E-state index in [1.54, 1.807) is 12.7 Å². The molecule has 1 aromatic carbocycles. The van der Waals surface area contributed by atoms with Crippen LogP contribution in [0.4, 0.5) is 5.69 Å². The van der Waals surface area contributed by atoms with Crippen LogP contribution in [-0.4, -0.2) is 33.8 Å². The first kappa shape index (κ1) is 12.0. The Bertz CT molecular complexity index is 403. The van der Waals surface area contributed by atoms with Crippen molar-refractivity contribution >= 4 is 5.69 Å². The van der Waals surface area contributed by atoms with Crippen molar-refractivity contribution in [3.63, 3.8) is 0 Å². The smallest absolute Gasteiger partial charge is 0.119 e. The van der Waals surface area contributed by atoms with Gasteiger partial charge in [0.25, 0.3) is 0 Å². The second kappa shape index (κ2) is 5.23. The van der Waals surface area contributed by atoms with Gasteiger partial charge in [-0.3, -0.25) is 0 Å². The highest BCUT2D eigenvalue weighted by atomic mass is 16.5. The molecule has 1 heterocycles. The molecule has 0 unspecified atom stereocenters. The maximum Gasteiger partial charge on any atom is 0.119 e. The Morgan fingerprint density at radius 1 is 1.29 bits per heavy atom. The first-order valence-electron chi connectivity index (χ1n) is 5.94. The second-order valence-electron chi connectivity index (χ2n) is 4.54. The lowest BCUT2D eigenvalue weighted by molar-refractivity contribution is 0.415. The highest BCUT2D eigenvalue weighted by Gasteiger charge is 2.12. The molecule has 0 spiro atoms. The van der Waals surface area contributed by atoms with E-state index in [4.69, 9.17) is 4.74 Å². The molecule has 1 N–H and O–H groups in total. The highest BCUT2D eigenvalue weighted by Crippen LogP contribution is 2.19. The maximum absolute atomic E-state index is 5.16. The molecular formula is C14H20N2O. The van der Waals surface area contributed by atoms with E-state index in [0.717, 1.165) is 25.4 Å². The number of nitrogens with one attached hydrogen (secondary N) is 1. The third-order valence-electron chi connectivity index (χ3n) is 3.27. The summed E-state index contributed by atoms with van der Waals surface area (Å²) in [6.07, 6.45) is 0. The van der Waals surface area contributed by atoms with Crippen molar-refractivity contribution in [3.05, 3.63) is 35.4 Å². The van der Waals surface area contributed by atoms with E-state index < -0.39 is 0 Å². The molecule has 0 atom stereocenters. The molecule has 0 aliphatic carbocycles. The van der Waals surface area contributed by atoms with Crippen LogP contribution in [0, 0.1) is 0 Å². The zero-order chi connectivity index (χ0) is 12.3. The molecule has 0 saturated carbocycles. The van der Waals surface area contributed by atoms with Crippen LogP contribution in [0.1, 0.15) is 6.92 Å². The number of anilines is 1. The molecule has 1 saturated heterocycles. The average molecular weight is 232 g/mol. The molecule has 3 nitrogen and oxygen atoms in total. The van der Waals surface area contributed by atoms with E-state index in [-0.39, 0.29) is 0 Å². The van der Waals surface area contributed by atoms with Gasteiger partial charge in [0, 0.05) is 32.4 Å². The summed E-state index contributed by atoms with van der Waals surface area (Å²) in [4.78, 5) is 2.26. The van der Waals surface area contributed by atoms with Crippen molar-refractivity contribution in [1.82, 2.24) is 5.32 Å². The van der Waals surface area contributed by atoms with Crippen LogP contribution in [0.3, 0.4) is 0 Å². The minimum Gasteiger partial charge on any atom is -0.497 e. The number of methoxy groups -OCH3 is 1. The van der Waals surface area contributed by atoms with Gasteiger partial charge in [0.15, 0.2) is 0 Å². The van der Waals surface area contributed by atoms with E-state index in [0.29, 0.717) is 0 Å². The van der Waals surface area contributed by atoms with Gasteiger partial charge in [-0.2, -0.15) is 0 Å². The number of hydrogen-bond acceptors (Lipinski definition) is 3. The molecule has 1 aliphatic rings. The van der Waals surface area contributed by atoms with E-state index in [1.807, 2.05) is 12.1 Å². The molecule has 0 amide bonds. The van der Waals surface area contributed by atoms with Gasteiger partial charge in [-0.1, -0.05) is 5.57 Å². The fourth-order valence-corrected chi connectivity index (χ4v) is 1.95. The molecule has 0 aromatic heterocycles. The van der Waals surface area contributed by atoms with Gasteiger partial charge in [0.1, 0.15) is 5.75 Å². The minimum atomic E-state index is 0.903. The number of benzene rings is 1. The predicted octanol–water partition coefficient (Wildman–Crippen LogP) is 2.05. The van der Waals surface area contributed by atoms with Crippen molar-refractivity contribution in [2.24, 2.45) is 0 Å². The van der Waals surface area contributed by atoms with Crippen LogP contribution in [0.25, 0.3) is 0 Å². The molecule has 92 valence electrons. The van der Waals surface area contributed by atoms with Crippen LogP contribution in [0.2, 0.25) is 0 Å². The first-order valence-corrected chi connectivity index (χ1v) is 5.94. The fourth-order valence-electron chi connectivity index (χ4n) is 1.95. The zero-order valence-corrected chi connectivity index (χ0v) is 10.8. The third-order valence-corrected chi connectivity index (χ3v) is 3.27. The van der Waals surface area contributed by atoms with Gasteiger partial charge in [0.05, 0.1) is 7.11 Å². The molecule has 0 bridgehead atoms. The Morgan fingerprint density at radius 3 is 2.41 bits per heavy atom. The zero-order valence-electron chi connectivity index (χ0n) is 10.8. The second-order valence-corrected chi connectivity index (χ2v) is 4.54. The molecule has 0 radical (unpaired) electrons. The SMILES string of the molecule is COc1ccc(N(C)CC(C)=C2CNC2)cc1. The van der Waals surface area contributed by atoms with Gasteiger partial charge in [0.2, 0.25) is 0 Å². The molecular weight excluding hydrogens is 212 g/mol. The Balaban J connectivity index is 2.01. The van der Waals surface area contributed by atoms with Crippen molar-refractivity contribution < 1.29 is 4.74 Å². The summed E-state index contributed by atoms with van der Waals surface area (Å²) in [7, 11) is 3.81. The lowest BCUT2D eigenvalue weighted by atomic mass is 10.0. The lowest BCUT2D eigenvalue weighted by Gasteiger charge is -2.26. The van der Waals surface area contributed by atoms with E-state index >= 15 is 0 Å². The summed E-state index contributed by atoms with van der Waals surface area (Å²) in [6.45, 7) is 5.32. The third kappa shape index (κ3) is 2.80. The topological polar surface area (TPSA) is 24.5 Å². The average Bonchev–Trinajstić information content (AvgIpc) is 2.26. The molecule has 3 heteroatoms. The van der Waals surface area contributed by atoms with Gasteiger partial charge in [-0.05, 0) is 36.8 Å². The van der Waals surface area contributed by atoms with Gasteiger partial charge in [-0.15, -0.1) is 0 Å². The van der Waals surface area contributed by atoms with E-state index in [1.165, 1.54) is 11.3 Å². The van der Waals surface area contributed by atoms with Crippen molar-refractivity contribution in [2.75, 3.05) is 38.7 Å². The summed E-state index contributed by atoms with van der Waals surface area (Å²) in [5, 5.41) is 3.28. The van der Waals surface area contributed by atoms with Crippen molar-refractivity contribution in [2.45, 2.75) is 6.92 Å². The summed E-state index contributed by atoms with van der Waals surface area (Å²) < 4.78 is 5.16. The normalized spacial score (nSPS) is 14.2. The summed E-state index contributed by atoms with van der Waals surface area (Å²) in [6, 6.07) is 8.18. The summed E-state index contributed by atoms with van der Waals surface area (Å²) in [5.41, 5.74) is 4.24. The number of likely N-dealkylation sites (N-methyl/N-ethyl adjacent to an activating group) is 1. The van der Waals surface area contributed by atoms with Gasteiger partial charge >= 0.3 is 0 Å². The molecule has 1 aliphatic heterocycles. The Morgan fingerprint density at radius 2 is 1.94 bits per heavy atom. The van der Waals surface area contributed by atoms with Crippen LogP contribution < -0.4 is 15.0 Å². The number of hydrogen-bond donors (Lipinski definition) is 1. The van der Waals surface area contributed by atoms with Crippen LogP contribution in [0.15, 0.2) is 35.4 Å². The quantitative estimate of drug-likeness (QED) is 0.804. The van der Waals surface area contributed by atoms with Gasteiger partial charge in [-0.25, -0.2) is 0 Å². The highest BCUT2D eigenvalue weighted by molar-refractivity contribution is 5.49. The molecule has 1 fully saturated rings. The summed E-state index contributed by atoms with van der Waals surface area (Å²) in [5.74, 6) is 0.903. The van der Waals surface area contributed by atoms with Crippen molar-refractivity contribution in [3.8, 4) is 5.75 Å². The van der Waals surface area contributed by atoms with Crippen LogP contribution in [0.5, 0.6) is 5.75 Å². The Labute approximate surface area is 103 Å². The standard InChI is InChI=1S/C14H20N2O/c1-11(12-8-15-9-12)10-16(2)13-4-6-14(17-3)7-5-13/h4-7,15H,8-10H2,1-3H3. The summed E-state index contributed by atoms with van der Waals surface area (Å²) >= 11 is 0. The fraction of sp³-hybridized carbons (Fsp3) is 0.429. The van der Waals surface area contributed by atoms with Crippen molar-refractivity contribution in [1.29, 1.82) is 0 Å². The molecule has 2 rings (SSSR count). The number of ether oxygens (including phenoxy) is 1. The minimum absolute atomic E-state index is 0.903. The Hall–Kier alpha value is -1.48. The lowest BCUT2D eigenvalue weighted by Crippen LogP contribution is -2.36.